The van der Waals surface area contributed by atoms with E-state index in [0.717, 1.165) is 25.7 Å². The van der Waals surface area contributed by atoms with Crippen molar-refractivity contribution in [2.45, 2.75) is 50.0 Å². The third-order valence-electron chi connectivity index (χ3n) is 4.24. The van der Waals surface area contributed by atoms with Gasteiger partial charge in [0.15, 0.2) is 0 Å². The predicted octanol–water partition coefficient (Wildman–Crippen LogP) is 3.58. The quantitative estimate of drug-likeness (QED) is 0.704. The van der Waals surface area contributed by atoms with E-state index in [9.17, 15) is 13.2 Å². The van der Waals surface area contributed by atoms with Crippen molar-refractivity contribution in [1.82, 2.24) is 4.31 Å². The molecule has 1 aliphatic carbocycles. The highest BCUT2D eigenvalue weighted by molar-refractivity contribution is 9.10. The Labute approximate surface area is 146 Å². The predicted molar refractivity (Wildman–Crippen MR) is 91.9 cm³/mol. The van der Waals surface area contributed by atoms with E-state index in [4.69, 9.17) is 4.74 Å². The molecule has 0 unspecified atom stereocenters. The van der Waals surface area contributed by atoms with Crippen molar-refractivity contribution in [1.29, 1.82) is 0 Å². The molecule has 0 aliphatic heterocycles. The summed E-state index contributed by atoms with van der Waals surface area (Å²) in [5, 5.41) is 0. The summed E-state index contributed by atoms with van der Waals surface area (Å²) in [6.45, 7) is 2.28. The number of nitrogens with zero attached hydrogens (tertiary/aromatic N) is 1. The fraction of sp³-hybridized carbons (Fsp3) is 0.562. The lowest BCUT2D eigenvalue weighted by molar-refractivity contribution is 0.0599. The molecule has 1 aromatic carbocycles. The van der Waals surface area contributed by atoms with Crippen molar-refractivity contribution in [3.63, 3.8) is 0 Å². The second-order valence-corrected chi connectivity index (χ2v) is 8.38. The van der Waals surface area contributed by atoms with Gasteiger partial charge in [-0.3, -0.25) is 0 Å². The fourth-order valence-electron chi connectivity index (χ4n) is 3.06. The molecule has 0 amide bonds. The van der Waals surface area contributed by atoms with E-state index >= 15 is 0 Å². The molecule has 5 nitrogen and oxygen atoms in total. The van der Waals surface area contributed by atoms with Crippen molar-refractivity contribution in [3.05, 3.63) is 28.2 Å². The SMILES string of the molecule is CCN(C1CCCCC1)S(=O)(=O)c1ccc(Br)c(C(=O)OC)c1. The number of carbonyl (C=O) groups is 1. The van der Waals surface area contributed by atoms with Crippen LogP contribution in [0.3, 0.4) is 0 Å². The van der Waals surface area contributed by atoms with Crippen LogP contribution in [0.2, 0.25) is 0 Å². The molecule has 0 aromatic heterocycles. The van der Waals surface area contributed by atoms with Crippen molar-refractivity contribution in [2.24, 2.45) is 0 Å². The molecule has 0 spiro atoms. The van der Waals surface area contributed by atoms with E-state index in [1.807, 2.05) is 6.92 Å². The Kier molecular flexibility index (Phi) is 6.22. The zero-order valence-electron chi connectivity index (χ0n) is 13.4. The van der Waals surface area contributed by atoms with E-state index < -0.39 is 16.0 Å². The molecular formula is C16H22BrNO4S. The maximum absolute atomic E-state index is 13.0. The summed E-state index contributed by atoms with van der Waals surface area (Å²) >= 11 is 3.26. The Morgan fingerprint density at radius 1 is 1.30 bits per heavy atom. The van der Waals surface area contributed by atoms with Gasteiger partial charge >= 0.3 is 5.97 Å². The molecule has 1 saturated carbocycles. The molecule has 2 rings (SSSR count). The summed E-state index contributed by atoms with van der Waals surface area (Å²) in [7, 11) is -2.35. The van der Waals surface area contributed by atoms with Crippen LogP contribution >= 0.6 is 15.9 Å². The first-order chi connectivity index (χ1) is 10.9. The lowest BCUT2D eigenvalue weighted by Crippen LogP contribution is -2.41. The lowest BCUT2D eigenvalue weighted by atomic mass is 9.95. The van der Waals surface area contributed by atoms with Gasteiger partial charge in [-0.05, 0) is 47.0 Å². The molecule has 0 atom stereocenters. The maximum Gasteiger partial charge on any atom is 0.339 e. The van der Waals surface area contributed by atoms with Gasteiger partial charge in [0.2, 0.25) is 10.0 Å². The number of halogens is 1. The van der Waals surface area contributed by atoms with Crippen molar-refractivity contribution in [2.75, 3.05) is 13.7 Å². The Morgan fingerprint density at radius 2 is 1.96 bits per heavy atom. The van der Waals surface area contributed by atoms with Crippen LogP contribution in [0, 0.1) is 0 Å². The summed E-state index contributed by atoms with van der Waals surface area (Å²) in [4.78, 5) is 11.9. The van der Waals surface area contributed by atoms with Crippen LogP contribution in [0.5, 0.6) is 0 Å². The average Bonchev–Trinajstić information content (AvgIpc) is 2.55. The first-order valence-corrected chi connectivity index (χ1v) is 10.0. The maximum atomic E-state index is 13.0. The molecule has 1 fully saturated rings. The van der Waals surface area contributed by atoms with Crippen molar-refractivity contribution in [3.8, 4) is 0 Å². The third kappa shape index (κ3) is 3.95. The molecule has 128 valence electrons. The van der Waals surface area contributed by atoms with Crippen LogP contribution in [0.4, 0.5) is 0 Å². The minimum absolute atomic E-state index is 0.0453. The van der Waals surface area contributed by atoms with Crippen LogP contribution in [-0.4, -0.2) is 38.4 Å². The largest absolute Gasteiger partial charge is 0.465 e. The second kappa shape index (κ2) is 7.77. The minimum Gasteiger partial charge on any atom is -0.465 e. The van der Waals surface area contributed by atoms with Crippen molar-refractivity contribution >= 4 is 31.9 Å². The van der Waals surface area contributed by atoms with Crippen LogP contribution in [-0.2, 0) is 14.8 Å². The number of hydrogen-bond acceptors (Lipinski definition) is 4. The summed E-state index contributed by atoms with van der Waals surface area (Å²) < 4.78 is 32.8. The van der Waals surface area contributed by atoms with Gasteiger partial charge in [-0.1, -0.05) is 26.2 Å². The monoisotopic (exact) mass is 403 g/mol. The van der Waals surface area contributed by atoms with E-state index in [0.29, 0.717) is 11.0 Å². The first-order valence-electron chi connectivity index (χ1n) is 7.81. The Morgan fingerprint density at radius 3 is 2.52 bits per heavy atom. The highest BCUT2D eigenvalue weighted by atomic mass is 79.9. The second-order valence-electron chi connectivity index (χ2n) is 5.63. The summed E-state index contributed by atoms with van der Waals surface area (Å²) in [6, 6.07) is 4.53. The van der Waals surface area contributed by atoms with Gasteiger partial charge < -0.3 is 4.74 Å². The van der Waals surface area contributed by atoms with Gasteiger partial charge in [0.25, 0.3) is 0 Å². The minimum atomic E-state index is -3.63. The molecule has 23 heavy (non-hydrogen) atoms. The number of rotatable bonds is 5. The van der Waals surface area contributed by atoms with Crippen LogP contribution < -0.4 is 0 Å². The highest BCUT2D eigenvalue weighted by Gasteiger charge is 2.31. The summed E-state index contributed by atoms with van der Waals surface area (Å²) in [6.07, 6.45) is 5.08. The summed E-state index contributed by atoms with van der Waals surface area (Å²) in [5.41, 5.74) is 0.216. The van der Waals surface area contributed by atoms with Gasteiger partial charge in [0.05, 0.1) is 17.6 Å². The smallest absolute Gasteiger partial charge is 0.339 e. The molecule has 0 saturated heterocycles. The van der Waals surface area contributed by atoms with Gasteiger partial charge in [-0.15, -0.1) is 0 Å². The average molecular weight is 404 g/mol. The molecule has 1 aliphatic rings. The molecule has 0 radical (unpaired) electrons. The van der Waals surface area contributed by atoms with E-state index in [-0.39, 0.29) is 16.5 Å². The Bertz CT molecular complexity index is 669. The van der Waals surface area contributed by atoms with Crippen LogP contribution in [0.15, 0.2) is 27.6 Å². The van der Waals surface area contributed by atoms with Crippen LogP contribution in [0.25, 0.3) is 0 Å². The number of benzene rings is 1. The molecule has 0 bridgehead atoms. The molecular weight excluding hydrogens is 382 g/mol. The zero-order valence-corrected chi connectivity index (χ0v) is 15.8. The van der Waals surface area contributed by atoms with Crippen LogP contribution in [0.1, 0.15) is 49.4 Å². The topological polar surface area (TPSA) is 63.7 Å². The molecule has 0 heterocycles. The standard InChI is InChI=1S/C16H22BrNO4S/c1-3-18(12-7-5-4-6-8-12)23(20,21)13-9-10-15(17)14(11-13)16(19)22-2/h9-12H,3-8H2,1-2H3. The lowest BCUT2D eigenvalue weighted by Gasteiger charge is -2.32. The van der Waals surface area contributed by atoms with Gasteiger partial charge in [0.1, 0.15) is 0 Å². The van der Waals surface area contributed by atoms with Gasteiger partial charge in [0, 0.05) is 17.1 Å². The number of sulfonamides is 1. The Hall–Kier alpha value is -0.920. The molecule has 0 N–H and O–H groups in total. The number of hydrogen-bond donors (Lipinski definition) is 0. The van der Waals surface area contributed by atoms with Crippen molar-refractivity contribution < 1.29 is 17.9 Å². The number of esters is 1. The summed E-state index contributed by atoms with van der Waals surface area (Å²) in [5.74, 6) is -0.561. The normalized spacial score (nSPS) is 16.5. The highest BCUT2D eigenvalue weighted by Crippen LogP contribution is 2.29. The number of methoxy groups -OCH3 is 1. The zero-order chi connectivity index (χ0) is 17.0. The van der Waals surface area contributed by atoms with E-state index in [1.165, 1.54) is 25.7 Å². The number of carbonyl (C=O) groups excluding carboxylic acids is 1. The van der Waals surface area contributed by atoms with E-state index in [1.54, 1.807) is 10.4 Å². The number of ether oxygens (including phenoxy) is 1. The van der Waals surface area contributed by atoms with E-state index in [2.05, 4.69) is 15.9 Å². The van der Waals surface area contributed by atoms with Gasteiger partial charge in [-0.25, -0.2) is 13.2 Å². The van der Waals surface area contributed by atoms with Gasteiger partial charge in [-0.2, -0.15) is 4.31 Å². The first kappa shape index (κ1) is 18.4. The molecule has 7 heteroatoms. The Balaban J connectivity index is 2.39. The molecule has 1 aromatic rings. The third-order valence-corrected chi connectivity index (χ3v) is 6.96. The fourth-order valence-corrected chi connectivity index (χ4v) is 5.19.